The Balaban J connectivity index is 2.70. The van der Waals surface area contributed by atoms with Gasteiger partial charge in [0, 0.05) is 15.5 Å². The molecule has 5 heteroatoms. The molecule has 1 aromatic carbocycles. The lowest BCUT2D eigenvalue weighted by molar-refractivity contribution is 0.0699. The molecule has 2 rings (SSSR count). The molecule has 88 valence electrons. The quantitative estimate of drug-likeness (QED) is 0.873. The molecule has 0 aliphatic carbocycles. The van der Waals surface area contributed by atoms with Crippen molar-refractivity contribution in [3.63, 3.8) is 0 Å². The molecule has 3 N–H and O–H groups in total. The summed E-state index contributed by atoms with van der Waals surface area (Å²) in [5, 5.41) is 10.1. The number of benzene rings is 1. The molecule has 1 aromatic heterocycles. The Morgan fingerprint density at radius 2 is 2.18 bits per heavy atom. The van der Waals surface area contributed by atoms with Crippen LogP contribution in [-0.2, 0) is 0 Å². The van der Waals surface area contributed by atoms with Crippen molar-refractivity contribution in [3.05, 3.63) is 39.7 Å². The van der Waals surface area contributed by atoms with E-state index in [0.717, 1.165) is 10.4 Å². The Hall–Kier alpha value is -1.52. The number of aryl methyl sites for hydroxylation is 1. The number of carbonyl (C=O) groups is 1. The number of anilines is 1. The van der Waals surface area contributed by atoms with Crippen LogP contribution in [0.25, 0.3) is 11.1 Å². The van der Waals surface area contributed by atoms with E-state index in [1.165, 1.54) is 11.3 Å². The minimum absolute atomic E-state index is 0.162. The highest BCUT2D eigenvalue weighted by molar-refractivity contribution is 7.16. The number of thiophene rings is 1. The van der Waals surface area contributed by atoms with Crippen LogP contribution in [-0.4, -0.2) is 11.1 Å². The Bertz CT molecular complexity index is 592. The van der Waals surface area contributed by atoms with Gasteiger partial charge in [0.25, 0.3) is 0 Å². The third kappa shape index (κ3) is 2.14. The van der Waals surface area contributed by atoms with Gasteiger partial charge in [-0.2, -0.15) is 0 Å². The molecule has 0 aliphatic rings. The number of carboxylic acid groups (broad SMARTS) is 1. The van der Waals surface area contributed by atoms with Crippen LogP contribution in [0.5, 0.6) is 0 Å². The van der Waals surface area contributed by atoms with E-state index >= 15 is 0 Å². The zero-order chi connectivity index (χ0) is 12.6. The van der Waals surface area contributed by atoms with Crippen molar-refractivity contribution in [2.24, 2.45) is 0 Å². The highest BCUT2D eigenvalue weighted by Gasteiger charge is 2.20. The van der Waals surface area contributed by atoms with Gasteiger partial charge in [-0.1, -0.05) is 23.7 Å². The fourth-order valence-electron chi connectivity index (χ4n) is 1.77. The lowest BCUT2D eigenvalue weighted by atomic mass is 10.0. The van der Waals surface area contributed by atoms with Gasteiger partial charge < -0.3 is 10.8 Å². The predicted octanol–water partition coefficient (Wildman–Crippen LogP) is 3.66. The molecule has 0 saturated carbocycles. The largest absolute Gasteiger partial charge is 0.478 e. The molecular weight excluding hydrogens is 258 g/mol. The molecule has 2 aromatic rings. The molecule has 1 heterocycles. The van der Waals surface area contributed by atoms with Crippen molar-refractivity contribution in [2.45, 2.75) is 6.92 Å². The van der Waals surface area contributed by atoms with Crippen LogP contribution in [0, 0.1) is 6.92 Å². The van der Waals surface area contributed by atoms with Crippen molar-refractivity contribution >= 4 is 33.9 Å². The molecular formula is C12H10ClNO2S. The summed E-state index contributed by atoms with van der Waals surface area (Å²) in [6.07, 6.45) is 0. The van der Waals surface area contributed by atoms with Crippen LogP contribution in [0.15, 0.2) is 24.3 Å². The van der Waals surface area contributed by atoms with Crippen LogP contribution < -0.4 is 5.73 Å². The summed E-state index contributed by atoms with van der Waals surface area (Å²) < 4.78 is 0. The topological polar surface area (TPSA) is 63.3 Å². The zero-order valence-corrected chi connectivity index (χ0v) is 10.6. The van der Waals surface area contributed by atoms with Gasteiger partial charge in [0.1, 0.15) is 10.6 Å². The summed E-state index contributed by atoms with van der Waals surface area (Å²) in [4.78, 5) is 12.1. The molecule has 0 amide bonds. The molecule has 0 bridgehead atoms. The fraction of sp³-hybridized carbons (Fsp3) is 0.0833. The highest BCUT2D eigenvalue weighted by Crippen LogP contribution is 2.38. The summed E-state index contributed by atoms with van der Waals surface area (Å²) in [6, 6.07) is 7.10. The predicted molar refractivity (Wildman–Crippen MR) is 70.9 cm³/mol. The lowest BCUT2D eigenvalue weighted by Crippen LogP contribution is -2.00. The van der Waals surface area contributed by atoms with Crippen molar-refractivity contribution in [3.8, 4) is 11.1 Å². The average Bonchev–Trinajstić information content (AvgIpc) is 2.53. The maximum Gasteiger partial charge on any atom is 0.339 e. The summed E-state index contributed by atoms with van der Waals surface area (Å²) >= 11 is 7.19. The van der Waals surface area contributed by atoms with Gasteiger partial charge in [-0.25, -0.2) is 4.79 Å². The van der Waals surface area contributed by atoms with Gasteiger partial charge in [0.05, 0.1) is 0 Å². The van der Waals surface area contributed by atoms with Gasteiger partial charge in [-0.15, -0.1) is 11.3 Å². The van der Waals surface area contributed by atoms with Gasteiger partial charge in [0.2, 0.25) is 0 Å². The van der Waals surface area contributed by atoms with E-state index < -0.39 is 5.97 Å². The highest BCUT2D eigenvalue weighted by atomic mass is 35.5. The van der Waals surface area contributed by atoms with E-state index in [0.29, 0.717) is 15.6 Å². The average molecular weight is 268 g/mol. The van der Waals surface area contributed by atoms with Crippen molar-refractivity contribution in [1.82, 2.24) is 0 Å². The maximum atomic E-state index is 11.2. The summed E-state index contributed by atoms with van der Waals surface area (Å²) in [6.45, 7) is 1.85. The number of nitrogens with two attached hydrogens (primary N) is 1. The van der Waals surface area contributed by atoms with Crippen LogP contribution in [0.2, 0.25) is 5.02 Å². The lowest BCUT2D eigenvalue weighted by Gasteiger charge is -2.03. The number of nitrogen functional groups attached to an aromatic ring is 1. The molecule has 17 heavy (non-hydrogen) atoms. The Morgan fingerprint density at radius 3 is 2.76 bits per heavy atom. The number of carboxylic acids is 1. The van der Waals surface area contributed by atoms with E-state index in [2.05, 4.69) is 0 Å². The van der Waals surface area contributed by atoms with E-state index in [4.69, 9.17) is 17.3 Å². The first-order valence-corrected chi connectivity index (χ1v) is 6.08. The number of aromatic carboxylic acids is 1. The number of hydrogen-bond acceptors (Lipinski definition) is 3. The van der Waals surface area contributed by atoms with Crippen LogP contribution in [0.4, 0.5) is 5.00 Å². The first-order chi connectivity index (χ1) is 8.00. The Labute approximate surface area is 107 Å². The van der Waals surface area contributed by atoms with Gasteiger partial charge in [-0.05, 0) is 24.6 Å². The van der Waals surface area contributed by atoms with E-state index in [-0.39, 0.29) is 5.56 Å². The SMILES string of the molecule is Cc1sc(N)c(C(=O)O)c1-c1cccc(Cl)c1. The molecule has 3 nitrogen and oxygen atoms in total. The molecule has 0 saturated heterocycles. The smallest absolute Gasteiger partial charge is 0.339 e. The number of rotatable bonds is 2. The summed E-state index contributed by atoms with van der Waals surface area (Å²) in [5.41, 5.74) is 7.32. The van der Waals surface area contributed by atoms with Crippen LogP contribution in [0.1, 0.15) is 15.2 Å². The molecule has 0 aliphatic heterocycles. The molecule has 0 atom stereocenters. The zero-order valence-electron chi connectivity index (χ0n) is 9.03. The minimum Gasteiger partial charge on any atom is -0.478 e. The first-order valence-electron chi connectivity index (χ1n) is 4.89. The van der Waals surface area contributed by atoms with Crippen molar-refractivity contribution < 1.29 is 9.90 Å². The van der Waals surface area contributed by atoms with Crippen LogP contribution >= 0.6 is 22.9 Å². The first kappa shape index (κ1) is 12.0. The molecule has 0 unspecified atom stereocenters. The molecule has 0 spiro atoms. The third-order valence-corrected chi connectivity index (χ3v) is 3.61. The van der Waals surface area contributed by atoms with Crippen molar-refractivity contribution in [1.29, 1.82) is 0 Å². The van der Waals surface area contributed by atoms with Crippen LogP contribution in [0.3, 0.4) is 0 Å². The fourth-order valence-corrected chi connectivity index (χ4v) is 2.90. The van der Waals surface area contributed by atoms with Gasteiger partial charge in [0.15, 0.2) is 0 Å². The van der Waals surface area contributed by atoms with Crippen molar-refractivity contribution in [2.75, 3.05) is 5.73 Å². The van der Waals surface area contributed by atoms with E-state index in [1.54, 1.807) is 18.2 Å². The number of hydrogen-bond donors (Lipinski definition) is 2. The summed E-state index contributed by atoms with van der Waals surface area (Å²) in [5.74, 6) is -1.01. The van der Waals surface area contributed by atoms with Gasteiger partial charge >= 0.3 is 5.97 Å². The monoisotopic (exact) mass is 267 g/mol. The van der Waals surface area contributed by atoms with Gasteiger partial charge in [-0.3, -0.25) is 0 Å². The standard InChI is InChI=1S/C12H10ClNO2S/c1-6-9(7-3-2-4-8(13)5-7)10(12(15)16)11(14)17-6/h2-5H,14H2,1H3,(H,15,16). The van der Waals surface area contributed by atoms with E-state index in [1.807, 2.05) is 13.0 Å². The maximum absolute atomic E-state index is 11.2. The second kappa shape index (κ2) is 4.39. The second-order valence-corrected chi connectivity index (χ2v) is 5.28. The van der Waals surface area contributed by atoms with E-state index in [9.17, 15) is 9.90 Å². The number of halogens is 1. The Kier molecular flexibility index (Phi) is 3.09. The molecule has 0 fully saturated rings. The molecule has 0 radical (unpaired) electrons. The minimum atomic E-state index is -1.01. The normalized spacial score (nSPS) is 10.5. The summed E-state index contributed by atoms with van der Waals surface area (Å²) in [7, 11) is 0. The second-order valence-electron chi connectivity index (χ2n) is 3.59. The Morgan fingerprint density at radius 1 is 1.47 bits per heavy atom. The third-order valence-electron chi connectivity index (χ3n) is 2.44.